The van der Waals surface area contributed by atoms with Gasteiger partial charge in [0.25, 0.3) is 0 Å². The predicted octanol–water partition coefficient (Wildman–Crippen LogP) is 3.61. The third kappa shape index (κ3) is 4.28. The first-order valence-electron chi connectivity index (χ1n) is 7.10. The van der Waals surface area contributed by atoms with Gasteiger partial charge in [-0.2, -0.15) is 0 Å². The van der Waals surface area contributed by atoms with Crippen LogP contribution in [0.4, 0.5) is 4.39 Å². The van der Waals surface area contributed by atoms with Crippen molar-refractivity contribution in [1.29, 1.82) is 0 Å². The average Bonchev–Trinajstić information content (AvgIpc) is 2.51. The summed E-state index contributed by atoms with van der Waals surface area (Å²) < 4.78 is 19.7. The van der Waals surface area contributed by atoms with E-state index in [0.29, 0.717) is 12.3 Å². The fourth-order valence-corrected chi connectivity index (χ4v) is 1.99. The molecule has 0 atom stereocenters. The monoisotopic (exact) mass is 289 g/mol. The minimum absolute atomic E-state index is 0.0217. The largest absolute Gasteiger partial charge is 0.454 e. The van der Waals surface area contributed by atoms with Gasteiger partial charge in [-0.3, -0.25) is 0 Å². The molecule has 2 rings (SSSR count). The first-order valence-corrected chi connectivity index (χ1v) is 7.10. The number of rotatable bonds is 7. The van der Waals surface area contributed by atoms with Gasteiger partial charge >= 0.3 is 0 Å². The van der Waals surface area contributed by atoms with Crippen molar-refractivity contribution in [3.05, 3.63) is 59.4 Å². The van der Waals surface area contributed by atoms with E-state index >= 15 is 0 Å². The summed E-state index contributed by atoms with van der Waals surface area (Å²) >= 11 is 0. The third-order valence-electron chi connectivity index (χ3n) is 3.12. The molecule has 0 aliphatic heterocycles. The van der Waals surface area contributed by atoms with Gasteiger partial charge in [0.05, 0.1) is 6.61 Å². The highest BCUT2D eigenvalue weighted by molar-refractivity contribution is 5.39. The molecule has 2 N–H and O–H groups in total. The van der Waals surface area contributed by atoms with Crippen molar-refractivity contribution in [2.75, 3.05) is 6.54 Å². The maximum atomic E-state index is 14.0. The highest BCUT2D eigenvalue weighted by atomic mass is 19.1. The molecule has 0 bridgehead atoms. The van der Waals surface area contributed by atoms with Crippen LogP contribution in [0.3, 0.4) is 0 Å². The van der Waals surface area contributed by atoms with Crippen molar-refractivity contribution in [2.24, 2.45) is 0 Å². The summed E-state index contributed by atoms with van der Waals surface area (Å²) in [6, 6.07) is 11.9. The number of para-hydroxylation sites is 1. The van der Waals surface area contributed by atoms with E-state index in [9.17, 15) is 4.39 Å². The summed E-state index contributed by atoms with van der Waals surface area (Å²) in [5, 5.41) is 12.3. The summed E-state index contributed by atoms with van der Waals surface area (Å²) in [6.45, 7) is 3.50. The molecule has 0 aliphatic rings. The molecule has 0 amide bonds. The second-order valence-electron chi connectivity index (χ2n) is 4.81. The third-order valence-corrected chi connectivity index (χ3v) is 3.12. The minimum atomic E-state index is -0.378. The summed E-state index contributed by atoms with van der Waals surface area (Å²) in [7, 11) is 0. The van der Waals surface area contributed by atoms with Gasteiger partial charge in [-0.1, -0.05) is 31.2 Å². The molecule has 0 radical (unpaired) electrons. The molecule has 0 fully saturated rings. The Bertz CT molecular complexity index is 570. The van der Waals surface area contributed by atoms with Crippen molar-refractivity contribution in [3.63, 3.8) is 0 Å². The standard InChI is InChI=1S/C17H20FNO2/c1-2-10-19-11-14-4-3-5-16(18)17(14)21-15-8-6-13(12-20)7-9-15/h3-9,19-20H,2,10-12H2,1H3. The number of halogens is 1. The molecule has 2 aromatic rings. The van der Waals surface area contributed by atoms with E-state index in [-0.39, 0.29) is 18.2 Å². The molecule has 21 heavy (non-hydrogen) atoms. The Labute approximate surface area is 124 Å². The summed E-state index contributed by atoms with van der Waals surface area (Å²) in [5.74, 6) is 0.420. The number of aliphatic hydroxyl groups excluding tert-OH is 1. The fourth-order valence-electron chi connectivity index (χ4n) is 1.99. The van der Waals surface area contributed by atoms with Gasteiger partial charge in [0.2, 0.25) is 0 Å². The molecule has 3 nitrogen and oxygen atoms in total. The van der Waals surface area contributed by atoms with Gasteiger partial charge in [-0.25, -0.2) is 4.39 Å². The Morgan fingerprint density at radius 3 is 2.57 bits per heavy atom. The maximum absolute atomic E-state index is 14.0. The number of benzene rings is 2. The first kappa shape index (κ1) is 15.5. The lowest BCUT2D eigenvalue weighted by atomic mass is 10.2. The van der Waals surface area contributed by atoms with Crippen LogP contribution in [0.15, 0.2) is 42.5 Å². The topological polar surface area (TPSA) is 41.5 Å². The van der Waals surface area contributed by atoms with Gasteiger partial charge in [0.15, 0.2) is 11.6 Å². The molecule has 0 unspecified atom stereocenters. The van der Waals surface area contributed by atoms with Crippen LogP contribution in [0.1, 0.15) is 24.5 Å². The molecule has 0 saturated carbocycles. The zero-order chi connectivity index (χ0) is 15.1. The molecular formula is C17H20FNO2. The molecule has 0 spiro atoms. The Hall–Kier alpha value is -1.91. The SMILES string of the molecule is CCCNCc1cccc(F)c1Oc1ccc(CO)cc1. The molecular weight excluding hydrogens is 269 g/mol. The van der Waals surface area contributed by atoms with E-state index in [1.807, 2.05) is 6.07 Å². The summed E-state index contributed by atoms with van der Waals surface area (Å²) in [6.07, 6.45) is 1.02. The van der Waals surface area contributed by atoms with Crippen molar-refractivity contribution in [2.45, 2.75) is 26.5 Å². The van der Waals surface area contributed by atoms with E-state index in [4.69, 9.17) is 9.84 Å². The van der Waals surface area contributed by atoms with Crippen LogP contribution < -0.4 is 10.1 Å². The van der Waals surface area contributed by atoms with E-state index in [0.717, 1.165) is 24.1 Å². The molecule has 4 heteroatoms. The molecule has 0 aliphatic carbocycles. The number of aliphatic hydroxyl groups is 1. The molecule has 0 saturated heterocycles. The summed E-state index contributed by atoms with van der Waals surface area (Å²) in [5.41, 5.74) is 1.58. The van der Waals surface area contributed by atoms with Crippen LogP contribution in [-0.4, -0.2) is 11.7 Å². The van der Waals surface area contributed by atoms with Gasteiger partial charge < -0.3 is 15.2 Å². The van der Waals surface area contributed by atoms with E-state index in [1.54, 1.807) is 30.3 Å². The summed E-state index contributed by atoms with van der Waals surface area (Å²) in [4.78, 5) is 0. The van der Waals surface area contributed by atoms with Crippen LogP contribution in [0.25, 0.3) is 0 Å². The number of hydrogen-bond acceptors (Lipinski definition) is 3. The lowest BCUT2D eigenvalue weighted by molar-refractivity contribution is 0.281. The van der Waals surface area contributed by atoms with Crippen LogP contribution in [-0.2, 0) is 13.2 Å². The molecule has 0 aromatic heterocycles. The van der Waals surface area contributed by atoms with Gasteiger partial charge in [-0.15, -0.1) is 0 Å². The highest BCUT2D eigenvalue weighted by Crippen LogP contribution is 2.28. The lowest BCUT2D eigenvalue weighted by Gasteiger charge is -2.13. The van der Waals surface area contributed by atoms with Crippen LogP contribution in [0, 0.1) is 5.82 Å². The zero-order valence-corrected chi connectivity index (χ0v) is 12.1. The van der Waals surface area contributed by atoms with Gasteiger partial charge in [0, 0.05) is 12.1 Å². The van der Waals surface area contributed by atoms with Crippen molar-refractivity contribution in [1.82, 2.24) is 5.32 Å². The normalized spacial score (nSPS) is 10.6. The maximum Gasteiger partial charge on any atom is 0.167 e. The number of nitrogens with one attached hydrogen (secondary N) is 1. The Morgan fingerprint density at radius 2 is 1.90 bits per heavy atom. The van der Waals surface area contributed by atoms with Gasteiger partial charge in [0.1, 0.15) is 5.75 Å². The molecule has 2 aromatic carbocycles. The van der Waals surface area contributed by atoms with Crippen LogP contribution in [0.5, 0.6) is 11.5 Å². The molecule has 0 heterocycles. The zero-order valence-electron chi connectivity index (χ0n) is 12.1. The Balaban J connectivity index is 2.16. The first-order chi connectivity index (χ1) is 10.2. The number of ether oxygens (including phenoxy) is 1. The predicted molar refractivity (Wildman–Crippen MR) is 80.8 cm³/mol. The fraction of sp³-hybridized carbons (Fsp3) is 0.294. The minimum Gasteiger partial charge on any atom is -0.454 e. The van der Waals surface area contributed by atoms with Crippen molar-refractivity contribution >= 4 is 0 Å². The van der Waals surface area contributed by atoms with Gasteiger partial charge in [-0.05, 0) is 36.7 Å². The Kier molecular flexibility index (Phi) is 5.72. The van der Waals surface area contributed by atoms with E-state index in [1.165, 1.54) is 6.07 Å². The van der Waals surface area contributed by atoms with Crippen molar-refractivity contribution < 1.29 is 14.2 Å². The lowest BCUT2D eigenvalue weighted by Crippen LogP contribution is -2.14. The second-order valence-corrected chi connectivity index (χ2v) is 4.81. The second kappa shape index (κ2) is 7.76. The van der Waals surface area contributed by atoms with E-state index < -0.39 is 0 Å². The quantitative estimate of drug-likeness (QED) is 0.765. The molecule has 112 valence electrons. The Morgan fingerprint density at radius 1 is 1.14 bits per heavy atom. The van der Waals surface area contributed by atoms with Crippen molar-refractivity contribution in [3.8, 4) is 11.5 Å². The average molecular weight is 289 g/mol. The van der Waals surface area contributed by atoms with Crippen LogP contribution in [0.2, 0.25) is 0 Å². The highest BCUT2D eigenvalue weighted by Gasteiger charge is 2.10. The smallest absolute Gasteiger partial charge is 0.167 e. The number of hydrogen-bond donors (Lipinski definition) is 2. The van der Waals surface area contributed by atoms with E-state index in [2.05, 4.69) is 12.2 Å². The van der Waals surface area contributed by atoms with Crippen LogP contribution >= 0.6 is 0 Å².